The molecule has 1 saturated carbocycles. The number of pyridine rings is 1. The molecule has 4 heterocycles. The smallest absolute Gasteiger partial charge is 0.267 e. The molecule has 0 bridgehead atoms. The first-order valence-corrected chi connectivity index (χ1v) is 9.77. The maximum Gasteiger partial charge on any atom is 0.267 e. The van der Waals surface area contributed by atoms with Crippen LogP contribution in [0.4, 0.5) is 5.13 Å². The van der Waals surface area contributed by atoms with Gasteiger partial charge < -0.3 is 10.1 Å². The lowest BCUT2D eigenvalue weighted by molar-refractivity contribution is 0.183. The number of hydrogen-bond donors (Lipinski definition) is 1. The van der Waals surface area contributed by atoms with Gasteiger partial charge in [-0.25, -0.2) is 4.68 Å². The molecule has 0 amide bonds. The molecule has 9 heteroatoms. The Balaban J connectivity index is 1.41. The summed E-state index contributed by atoms with van der Waals surface area (Å²) < 4.78 is 7.16. The van der Waals surface area contributed by atoms with Gasteiger partial charge in [-0.15, -0.1) is 10.2 Å². The van der Waals surface area contributed by atoms with Crippen molar-refractivity contribution in [2.75, 3.05) is 18.5 Å². The Kier molecular flexibility index (Phi) is 4.17. The van der Waals surface area contributed by atoms with Crippen LogP contribution in [-0.4, -0.2) is 44.2 Å². The molecule has 2 fully saturated rings. The third kappa shape index (κ3) is 3.35. The third-order valence-corrected chi connectivity index (χ3v) is 5.86. The SMILES string of the molecule is O=c1ccc(-c2ccncc2)nn1C1COCC1Nc1nnc(C2CC2)s1. The predicted molar refractivity (Wildman–Crippen MR) is 101 cm³/mol. The fraction of sp³-hybridized carbons (Fsp3) is 0.389. The summed E-state index contributed by atoms with van der Waals surface area (Å²) in [4.78, 5) is 16.5. The van der Waals surface area contributed by atoms with Gasteiger partial charge in [0.15, 0.2) is 0 Å². The molecule has 2 atom stereocenters. The van der Waals surface area contributed by atoms with Crippen molar-refractivity contribution in [3.05, 3.63) is 52.0 Å². The van der Waals surface area contributed by atoms with Gasteiger partial charge in [-0.05, 0) is 31.0 Å². The second kappa shape index (κ2) is 6.82. The summed E-state index contributed by atoms with van der Waals surface area (Å²) in [5.41, 5.74) is 1.50. The van der Waals surface area contributed by atoms with Crippen LogP contribution < -0.4 is 10.9 Å². The molecule has 0 aromatic carbocycles. The van der Waals surface area contributed by atoms with Crippen LogP contribution in [0.3, 0.4) is 0 Å². The fourth-order valence-corrected chi connectivity index (χ4v) is 4.18. The van der Waals surface area contributed by atoms with Gasteiger partial charge >= 0.3 is 0 Å². The number of rotatable bonds is 5. The number of aromatic nitrogens is 5. The first kappa shape index (κ1) is 16.5. The molecule has 1 N–H and O–H groups in total. The Labute approximate surface area is 159 Å². The number of anilines is 1. The van der Waals surface area contributed by atoms with Gasteiger partial charge in [0.25, 0.3) is 5.56 Å². The van der Waals surface area contributed by atoms with Crippen LogP contribution in [0.1, 0.15) is 29.8 Å². The summed E-state index contributed by atoms with van der Waals surface area (Å²) in [6.07, 6.45) is 5.82. The zero-order chi connectivity index (χ0) is 18.2. The lowest BCUT2D eigenvalue weighted by atomic mass is 10.1. The number of hydrogen-bond acceptors (Lipinski definition) is 8. The van der Waals surface area contributed by atoms with Crippen LogP contribution in [0.5, 0.6) is 0 Å². The van der Waals surface area contributed by atoms with E-state index in [9.17, 15) is 4.79 Å². The Morgan fingerprint density at radius 1 is 1.11 bits per heavy atom. The van der Waals surface area contributed by atoms with E-state index in [0.717, 1.165) is 21.4 Å². The zero-order valence-electron chi connectivity index (χ0n) is 14.5. The molecule has 3 aromatic heterocycles. The lowest BCUT2D eigenvalue weighted by Crippen LogP contribution is -2.37. The molecule has 5 rings (SSSR count). The topological polar surface area (TPSA) is 94.8 Å². The molecule has 27 heavy (non-hydrogen) atoms. The number of nitrogens with one attached hydrogen (secondary N) is 1. The van der Waals surface area contributed by atoms with E-state index in [1.165, 1.54) is 17.5 Å². The number of nitrogens with zero attached hydrogens (tertiary/aromatic N) is 5. The van der Waals surface area contributed by atoms with Gasteiger partial charge in [-0.2, -0.15) is 5.10 Å². The summed E-state index contributed by atoms with van der Waals surface area (Å²) in [6, 6.07) is 6.75. The van der Waals surface area contributed by atoms with E-state index in [0.29, 0.717) is 19.1 Å². The lowest BCUT2D eigenvalue weighted by Gasteiger charge is -2.20. The molecule has 2 unspecified atom stereocenters. The van der Waals surface area contributed by atoms with Crippen LogP contribution in [0.25, 0.3) is 11.3 Å². The standard InChI is InChI=1S/C18H18N6O2S/c25-16-4-3-13(11-5-7-19-8-6-11)23-24(16)15-10-26-9-14(15)20-18-22-21-17(27-18)12-1-2-12/h3-8,12,14-15H,1-2,9-10H2,(H,20,22). The van der Waals surface area contributed by atoms with Gasteiger partial charge in [0.1, 0.15) is 11.0 Å². The highest BCUT2D eigenvalue weighted by molar-refractivity contribution is 7.15. The highest BCUT2D eigenvalue weighted by Crippen LogP contribution is 2.42. The second-order valence-electron chi connectivity index (χ2n) is 6.81. The molecule has 1 aliphatic heterocycles. The highest BCUT2D eigenvalue weighted by atomic mass is 32.1. The molecule has 1 aliphatic carbocycles. The first-order chi connectivity index (χ1) is 13.3. The van der Waals surface area contributed by atoms with Crippen molar-refractivity contribution in [2.24, 2.45) is 0 Å². The maximum atomic E-state index is 12.5. The molecule has 0 radical (unpaired) electrons. The number of ether oxygens (including phenoxy) is 1. The monoisotopic (exact) mass is 382 g/mol. The van der Waals surface area contributed by atoms with Crippen molar-refractivity contribution in [1.29, 1.82) is 0 Å². The van der Waals surface area contributed by atoms with E-state index in [1.54, 1.807) is 35.9 Å². The van der Waals surface area contributed by atoms with Crippen LogP contribution in [0, 0.1) is 0 Å². The molecule has 138 valence electrons. The Morgan fingerprint density at radius 2 is 1.96 bits per heavy atom. The predicted octanol–water partition coefficient (Wildman–Crippen LogP) is 2.09. The van der Waals surface area contributed by atoms with Gasteiger partial charge in [0.2, 0.25) is 5.13 Å². The van der Waals surface area contributed by atoms with Crippen LogP contribution in [0.15, 0.2) is 41.5 Å². The van der Waals surface area contributed by atoms with E-state index in [1.807, 2.05) is 12.1 Å². The first-order valence-electron chi connectivity index (χ1n) is 8.96. The van der Waals surface area contributed by atoms with Crippen molar-refractivity contribution >= 4 is 16.5 Å². The summed E-state index contributed by atoms with van der Waals surface area (Å²) in [7, 11) is 0. The summed E-state index contributed by atoms with van der Waals surface area (Å²) >= 11 is 1.59. The molecule has 8 nitrogen and oxygen atoms in total. The average molecular weight is 382 g/mol. The van der Waals surface area contributed by atoms with Crippen molar-refractivity contribution in [1.82, 2.24) is 25.0 Å². The van der Waals surface area contributed by atoms with E-state index < -0.39 is 0 Å². The average Bonchev–Trinajstić information content (AvgIpc) is 3.28. The van der Waals surface area contributed by atoms with Gasteiger partial charge in [0, 0.05) is 29.9 Å². The minimum Gasteiger partial charge on any atom is -0.377 e. The molecule has 0 spiro atoms. The van der Waals surface area contributed by atoms with E-state index in [2.05, 4.69) is 25.6 Å². The van der Waals surface area contributed by atoms with E-state index >= 15 is 0 Å². The summed E-state index contributed by atoms with van der Waals surface area (Å²) in [5, 5.41) is 18.3. The molecule has 1 saturated heterocycles. The van der Waals surface area contributed by atoms with Gasteiger partial charge in [-0.3, -0.25) is 9.78 Å². The minimum atomic E-state index is -0.201. The molecule has 3 aromatic rings. The normalized spacial score (nSPS) is 22.1. The second-order valence-corrected chi connectivity index (χ2v) is 7.82. The minimum absolute atomic E-state index is 0.0807. The molecular formula is C18H18N6O2S. The van der Waals surface area contributed by atoms with Crippen LogP contribution in [-0.2, 0) is 4.74 Å². The Morgan fingerprint density at radius 3 is 2.78 bits per heavy atom. The van der Waals surface area contributed by atoms with Crippen molar-refractivity contribution < 1.29 is 4.74 Å². The van der Waals surface area contributed by atoms with E-state index in [-0.39, 0.29) is 17.6 Å². The van der Waals surface area contributed by atoms with Gasteiger partial charge in [-0.1, -0.05) is 11.3 Å². The van der Waals surface area contributed by atoms with Gasteiger partial charge in [0.05, 0.1) is 24.9 Å². The summed E-state index contributed by atoms with van der Waals surface area (Å²) in [5.74, 6) is 0.579. The van der Waals surface area contributed by atoms with Crippen LogP contribution >= 0.6 is 11.3 Å². The molecular weight excluding hydrogens is 364 g/mol. The van der Waals surface area contributed by atoms with Crippen molar-refractivity contribution in [2.45, 2.75) is 30.8 Å². The van der Waals surface area contributed by atoms with Crippen molar-refractivity contribution in [3.8, 4) is 11.3 Å². The zero-order valence-corrected chi connectivity index (χ0v) is 15.3. The van der Waals surface area contributed by atoms with Crippen LogP contribution in [0.2, 0.25) is 0 Å². The largest absolute Gasteiger partial charge is 0.377 e. The van der Waals surface area contributed by atoms with Crippen molar-refractivity contribution in [3.63, 3.8) is 0 Å². The quantitative estimate of drug-likeness (QED) is 0.722. The Hall–Kier alpha value is -2.65. The summed E-state index contributed by atoms with van der Waals surface area (Å²) in [6.45, 7) is 0.926. The molecule has 2 aliphatic rings. The highest BCUT2D eigenvalue weighted by Gasteiger charge is 2.33. The third-order valence-electron chi connectivity index (χ3n) is 4.84. The Bertz CT molecular complexity index is 1000. The fourth-order valence-electron chi connectivity index (χ4n) is 3.21. The van der Waals surface area contributed by atoms with E-state index in [4.69, 9.17) is 4.74 Å². The maximum absolute atomic E-state index is 12.5.